The number of aromatic nitrogens is 1. The molecule has 2 fully saturated rings. The van der Waals surface area contributed by atoms with Gasteiger partial charge in [0.1, 0.15) is 5.76 Å². The molecule has 0 bridgehead atoms. The van der Waals surface area contributed by atoms with Gasteiger partial charge in [-0.3, -0.25) is 9.59 Å². The topological polar surface area (TPSA) is 83.6 Å². The Hall–Kier alpha value is -2.34. The maximum absolute atomic E-state index is 13.0. The number of aryl methyl sites for hydroxylation is 1. The molecule has 2 aromatic rings. The maximum Gasteiger partial charge on any atom is 0.304 e. The first-order chi connectivity index (χ1) is 15.7. The molecule has 1 aromatic carbocycles. The molecule has 2 aliphatic rings. The number of carboxylic acids is 1. The van der Waals surface area contributed by atoms with E-state index in [1.54, 1.807) is 6.07 Å². The Morgan fingerprint density at radius 1 is 1.21 bits per heavy atom. The van der Waals surface area contributed by atoms with Gasteiger partial charge in [0.15, 0.2) is 0 Å². The van der Waals surface area contributed by atoms with Crippen LogP contribution < -0.4 is 4.42 Å². The van der Waals surface area contributed by atoms with E-state index in [2.05, 4.69) is 19.0 Å². The Morgan fingerprint density at radius 2 is 1.94 bits per heavy atom. The highest BCUT2D eigenvalue weighted by Gasteiger charge is 2.42. The second-order valence-corrected chi connectivity index (χ2v) is 10.6. The van der Waals surface area contributed by atoms with Crippen molar-refractivity contribution >= 4 is 29.3 Å². The summed E-state index contributed by atoms with van der Waals surface area (Å²) in [6, 6.07) is 7.35. The van der Waals surface area contributed by atoms with Crippen LogP contribution in [0.5, 0.6) is 0 Å². The lowest BCUT2D eigenvalue weighted by molar-refractivity contribution is -0.137. The molecule has 1 unspecified atom stereocenters. The zero-order valence-electron chi connectivity index (χ0n) is 19.6. The molecule has 1 amide bonds. The van der Waals surface area contributed by atoms with Gasteiger partial charge in [-0.15, -0.1) is 0 Å². The van der Waals surface area contributed by atoms with Crippen molar-refractivity contribution in [2.45, 2.75) is 83.5 Å². The van der Waals surface area contributed by atoms with Crippen LogP contribution in [0.4, 0.5) is 5.69 Å². The molecule has 0 aliphatic heterocycles. The van der Waals surface area contributed by atoms with E-state index >= 15 is 0 Å². The highest BCUT2D eigenvalue weighted by Crippen LogP contribution is 2.52. The Morgan fingerprint density at radius 3 is 2.55 bits per heavy atom. The molecule has 0 saturated heterocycles. The minimum absolute atomic E-state index is 0.0317. The molecule has 1 heterocycles. The third kappa shape index (κ3) is 5.60. The smallest absolute Gasteiger partial charge is 0.304 e. The second-order valence-electron chi connectivity index (χ2n) is 10.3. The number of hydrogen-bond acceptors (Lipinski definition) is 4. The van der Waals surface area contributed by atoms with Gasteiger partial charge in [-0.1, -0.05) is 31.1 Å². The van der Waals surface area contributed by atoms with Crippen molar-refractivity contribution in [2.75, 3.05) is 4.42 Å². The summed E-state index contributed by atoms with van der Waals surface area (Å²) in [5.41, 5.74) is 3.27. The fraction of sp³-hybridized carbons (Fsp3) is 0.577. The number of anilines is 1. The van der Waals surface area contributed by atoms with Crippen molar-refractivity contribution in [1.82, 2.24) is 5.16 Å². The summed E-state index contributed by atoms with van der Waals surface area (Å²) in [7, 11) is 0. The predicted molar refractivity (Wildman–Crippen MR) is 128 cm³/mol. The molecular weight excluding hydrogens is 440 g/mol. The number of amides is 1. The van der Waals surface area contributed by atoms with Crippen LogP contribution in [-0.2, 0) is 9.59 Å². The van der Waals surface area contributed by atoms with Crippen LogP contribution in [0.2, 0.25) is 0 Å². The molecule has 4 rings (SSSR count). The molecule has 2 saturated carbocycles. The Labute approximate surface area is 200 Å². The van der Waals surface area contributed by atoms with Crippen molar-refractivity contribution in [3.8, 4) is 0 Å². The maximum atomic E-state index is 13.0. The van der Waals surface area contributed by atoms with Gasteiger partial charge in [0.05, 0.1) is 17.8 Å². The first-order valence-corrected chi connectivity index (χ1v) is 12.3. The zero-order chi connectivity index (χ0) is 23.7. The molecule has 33 heavy (non-hydrogen) atoms. The summed E-state index contributed by atoms with van der Waals surface area (Å²) in [5, 5.41) is 13.9. The third-order valence-corrected chi connectivity index (χ3v) is 7.24. The molecule has 0 spiro atoms. The van der Waals surface area contributed by atoms with E-state index in [-0.39, 0.29) is 18.7 Å². The summed E-state index contributed by atoms with van der Waals surface area (Å²) in [6.45, 7) is 6.43. The average Bonchev–Trinajstić information content (AvgIpc) is 3.47. The summed E-state index contributed by atoms with van der Waals surface area (Å²) in [5.74, 6) is 1.16. The van der Waals surface area contributed by atoms with Gasteiger partial charge in [-0.05, 0) is 74.5 Å². The predicted octanol–water partition coefficient (Wildman–Crippen LogP) is 6.54. The van der Waals surface area contributed by atoms with E-state index in [9.17, 15) is 14.7 Å². The van der Waals surface area contributed by atoms with Crippen LogP contribution in [0.3, 0.4) is 0 Å². The summed E-state index contributed by atoms with van der Waals surface area (Å²) in [6.07, 6.45) is 5.31. The largest absolute Gasteiger partial charge is 0.481 e. The second kappa shape index (κ2) is 9.88. The van der Waals surface area contributed by atoms with Crippen molar-refractivity contribution in [3.05, 3.63) is 46.8 Å². The Kier molecular flexibility index (Phi) is 7.13. The number of carboxylic acid groups (broad SMARTS) is 1. The zero-order valence-corrected chi connectivity index (χ0v) is 20.3. The summed E-state index contributed by atoms with van der Waals surface area (Å²) in [4.78, 5) is 24.7. The van der Waals surface area contributed by atoms with Crippen LogP contribution in [-0.4, -0.2) is 22.1 Å². The van der Waals surface area contributed by atoms with E-state index in [0.717, 1.165) is 47.0 Å². The molecule has 2 aliphatic carbocycles. The molecule has 1 aromatic heterocycles. The fourth-order valence-corrected chi connectivity index (χ4v) is 5.34. The third-order valence-electron chi connectivity index (χ3n) is 6.86. The first kappa shape index (κ1) is 23.8. The van der Waals surface area contributed by atoms with E-state index in [0.29, 0.717) is 35.1 Å². The van der Waals surface area contributed by atoms with E-state index < -0.39 is 11.9 Å². The SMILES string of the molecule is Cc1cccc(N(Cl)C(=O)CC(CC(=O)O)c2noc(C3CC(CC(C)C)C3)c2C2CC2)c1. The normalized spacial score (nSPS) is 21.0. The van der Waals surface area contributed by atoms with Gasteiger partial charge in [-0.25, -0.2) is 4.42 Å². The van der Waals surface area contributed by atoms with Gasteiger partial charge in [0.2, 0.25) is 5.91 Å². The van der Waals surface area contributed by atoms with Crippen LogP contribution in [0.25, 0.3) is 0 Å². The van der Waals surface area contributed by atoms with Gasteiger partial charge in [0.25, 0.3) is 0 Å². The van der Waals surface area contributed by atoms with Crippen molar-refractivity contribution in [3.63, 3.8) is 0 Å². The number of hydrogen-bond donors (Lipinski definition) is 1. The lowest BCUT2D eigenvalue weighted by Crippen LogP contribution is -2.25. The molecule has 1 N–H and O–H groups in total. The number of halogens is 1. The highest BCUT2D eigenvalue weighted by molar-refractivity contribution is 6.36. The van der Waals surface area contributed by atoms with Gasteiger partial charge in [-0.2, -0.15) is 0 Å². The molecule has 178 valence electrons. The first-order valence-electron chi connectivity index (χ1n) is 12.0. The minimum Gasteiger partial charge on any atom is -0.481 e. The number of aliphatic carboxylic acids is 1. The van der Waals surface area contributed by atoms with E-state index in [1.165, 1.54) is 6.42 Å². The monoisotopic (exact) mass is 472 g/mol. The fourth-order valence-electron chi connectivity index (χ4n) is 5.16. The van der Waals surface area contributed by atoms with Crippen LogP contribution in [0.1, 0.15) is 99.1 Å². The van der Waals surface area contributed by atoms with Crippen LogP contribution >= 0.6 is 11.8 Å². The highest BCUT2D eigenvalue weighted by atomic mass is 35.5. The Bertz CT molecular complexity index is 1010. The van der Waals surface area contributed by atoms with Crippen LogP contribution in [0, 0.1) is 18.8 Å². The number of benzene rings is 1. The van der Waals surface area contributed by atoms with Crippen molar-refractivity contribution < 1.29 is 19.2 Å². The molecule has 0 radical (unpaired) electrons. The lowest BCUT2D eigenvalue weighted by Gasteiger charge is -2.35. The van der Waals surface area contributed by atoms with Gasteiger partial charge >= 0.3 is 5.97 Å². The van der Waals surface area contributed by atoms with Gasteiger partial charge < -0.3 is 9.63 Å². The average molecular weight is 473 g/mol. The number of nitrogens with zero attached hydrogens (tertiary/aromatic N) is 2. The molecular formula is C26H33ClN2O4. The number of rotatable bonds is 10. The van der Waals surface area contributed by atoms with E-state index in [1.807, 2.05) is 25.1 Å². The Balaban J connectivity index is 1.54. The lowest BCUT2D eigenvalue weighted by atomic mass is 9.69. The van der Waals surface area contributed by atoms with E-state index in [4.69, 9.17) is 16.3 Å². The summed E-state index contributed by atoms with van der Waals surface area (Å²) < 4.78 is 6.94. The molecule has 7 heteroatoms. The minimum atomic E-state index is -0.962. The standard InChI is InChI=1S/C26H33ClN2O4/c1-15(2)9-17-11-20(12-17)26-24(18-7-8-18)25(28-33-26)19(14-23(31)32)13-22(30)29(27)21-6-4-5-16(3)10-21/h4-6,10,15,17-20H,7-9,11-14H2,1-3H3,(H,31,32). The van der Waals surface area contributed by atoms with Gasteiger partial charge in [0, 0.05) is 35.6 Å². The van der Waals surface area contributed by atoms with Crippen molar-refractivity contribution in [2.24, 2.45) is 11.8 Å². The molecule has 6 nitrogen and oxygen atoms in total. The molecule has 1 atom stereocenters. The van der Waals surface area contributed by atoms with Crippen LogP contribution in [0.15, 0.2) is 28.8 Å². The van der Waals surface area contributed by atoms with Crippen molar-refractivity contribution in [1.29, 1.82) is 0 Å². The quantitative estimate of drug-likeness (QED) is 0.397. The summed E-state index contributed by atoms with van der Waals surface area (Å²) >= 11 is 6.35. The number of carbonyl (C=O) groups is 2. The number of carbonyl (C=O) groups excluding carboxylic acids is 1.